The first-order valence-corrected chi connectivity index (χ1v) is 22.3. The van der Waals surface area contributed by atoms with Crippen LogP contribution >= 0.6 is 11.3 Å². The molecular weight excluding hydrogens is 868 g/mol. The molecule has 1 aromatic carbocycles. The van der Waals surface area contributed by atoms with E-state index in [0.29, 0.717) is 46.0 Å². The minimum atomic E-state index is -0.350. The van der Waals surface area contributed by atoms with E-state index in [1.807, 2.05) is 18.2 Å². The van der Waals surface area contributed by atoms with Gasteiger partial charge in [0.25, 0.3) is 5.91 Å². The predicted molar refractivity (Wildman–Crippen MR) is 180 cm³/mol. The van der Waals surface area contributed by atoms with Gasteiger partial charge in [-0.15, -0.1) is 11.3 Å². The first-order chi connectivity index (χ1) is 23.9. The molecule has 4 aromatic rings. The summed E-state index contributed by atoms with van der Waals surface area (Å²) in [4.78, 5) is 55.3. The monoisotopic (exact) mass is 903 g/mol. The summed E-state index contributed by atoms with van der Waals surface area (Å²) in [5.74, 6) is 5.52. The topological polar surface area (TPSA) is 143 Å². The SMILES string of the molecule is NNC(=O)c1cc2c(s1)-c1ncccc1N(C(=O)c1ccc(NC(=O)c3cc4c(nc3N3CC5(CCOCC5)C3)[I-]CCC[I-]4)cc1)CC2. The Kier molecular flexibility index (Phi) is 9.32. The zero-order chi connectivity index (χ0) is 33.5. The van der Waals surface area contributed by atoms with Crippen molar-refractivity contribution >= 4 is 46.3 Å². The molecule has 49 heavy (non-hydrogen) atoms. The number of amides is 3. The van der Waals surface area contributed by atoms with Gasteiger partial charge in [0.1, 0.15) is 5.69 Å². The molecule has 256 valence electrons. The van der Waals surface area contributed by atoms with Gasteiger partial charge in [-0.25, -0.2) is 5.84 Å². The summed E-state index contributed by atoms with van der Waals surface area (Å²) in [6, 6.07) is 14.8. The van der Waals surface area contributed by atoms with Gasteiger partial charge in [0.05, 0.1) is 9.75 Å². The fourth-order valence-electron chi connectivity index (χ4n) is 6.86. The molecule has 2 fully saturated rings. The van der Waals surface area contributed by atoms with Crippen LogP contribution in [0, 0.1) is 12.7 Å². The van der Waals surface area contributed by atoms with Crippen molar-refractivity contribution < 1.29 is 61.5 Å². The van der Waals surface area contributed by atoms with E-state index in [9.17, 15) is 14.4 Å². The molecule has 3 aromatic heterocycles. The number of alkyl halides is 2. The molecule has 14 heteroatoms. The number of benzene rings is 1. The van der Waals surface area contributed by atoms with Crippen LogP contribution < -0.4 is 68.8 Å². The second-order valence-electron chi connectivity index (χ2n) is 12.6. The van der Waals surface area contributed by atoms with Crippen molar-refractivity contribution in [3.63, 3.8) is 0 Å². The van der Waals surface area contributed by atoms with Crippen molar-refractivity contribution in [2.24, 2.45) is 11.3 Å². The van der Waals surface area contributed by atoms with E-state index in [1.54, 1.807) is 35.4 Å². The smallest absolute Gasteiger partial charge is 0.00810 e. The molecule has 0 unspecified atom stereocenters. The zero-order valence-corrected chi connectivity index (χ0v) is 31.8. The van der Waals surface area contributed by atoms with Crippen LogP contribution in [0.2, 0.25) is 0 Å². The van der Waals surface area contributed by atoms with E-state index >= 15 is 0 Å². The van der Waals surface area contributed by atoms with Gasteiger partial charge in [-0.05, 0) is 30.2 Å². The van der Waals surface area contributed by atoms with Crippen LogP contribution in [0.15, 0.2) is 54.7 Å². The minimum absolute atomic E-state index is 0.134. The number of hydrazine groups is 1. The molecule has 11 nitrogen and oxygen atoms in total. The number of carbonyl (C=O) groups is 3. The van der Waals surface area contributed by atoms with Crippen molar-refractivity contribution in [1.82, 2.24) is 15.4 Å². The number of ether oxygens (including phenoxy) is 1. The third kappa shape index (κ3) is 6.45. The number of anilines is 3. The summed E-state index contributed by atoms with van der Waals surface area (Å²) < 4.78 is 10.8. The first-order valence-electron chi connectivity index (χ1n) is 16.3. The summed E-state index contributed by atoms with van der Waals surface area (Å²) in [6.45, 7) is 3.87. The summed E-state index contributed by atoms with van der Waals surface area (Å²) in [6.07, 6.45) is 5.64. The molecule has 4 aliphatic rings. The number of hydrogen-bond acceptors (Lipinski definition) is 9. The van der Waals surface area contributed by atoms with E-state index in [1.165, 1.54) is 33.9 Å². The van der Waals surface area contributed by atoms with Gasteiger partial charge in [0.15, 0.2) is 0 Å². The van der Waals surface area contributed by atoms with E-state index in [4.69, 9.17) is 15.6 Å². The first kappa shape index (κ1) is 33.0. The van der Waals surface area contributed by atoms with Crippen LogP contribution in [0.3, 0.4) is 0 Å². The van der Waals surface area contributed by atoms with Gasteiger partial charge in [-0.3, -0.25) is 15.2 Å². The number of nitrogen functional groups attached to an aromatic ring is 1. The van der Waals surface area contributed by atoms with Crippen molar-refractivity contribution in [2.75, 3.05) is 56.8 Å². The van der Waals surface area contributed by atoms with Gasteiger partial charge >= 0.3 is 221 Å². The molecule has 8 rings (SSSR count). The Balaban J connectivity index is 1.02. The van der Waals surface area contributed by atoms with Crippen molar-refractivity contribution in [3.8, 4) is 10.6 Å². The van der Waals surface area contributed by atoms with E-state index in [-0.39, 0.29) is 65.5 Å². The van der Waals surface area contributed by atoms with Crippen LogP contribution in [-0.2, 0) is 11.2 Å². The van der Waals surface area contributed by atoms with Crippen LogP contribution in [-0.4, -0.2) is 69.4 Å². The summed E-state index contributed by atoms with van der Waals surface area (Å²) >= 11 is 1.04. The maximum absolute atomic E-state index is 13.9. The molecule has 3 amide bonds. The number of halogens is 2. The molecular formula is C35H35I2N7O4S-2. The third-order valence-electron chi connectivity index (χ3n) is 9.49. The molecule has 1 spiro atoms. The number of nitrogens with zero attached hydrogens (tertiary/aromatic N) is 4. The average molecular weight is 904 g/mol. The number of nitrogens with one attached hydrogen (secondary N) is 2. The molecule has 0 atom stereocenters. The van der Waals surface area contributed by atoms with Crippen LogP contribution in [0.1, 0.15) is 55.2 Å². The van der Waals surface area contributed by atoms with Crippen molar-refractivity contribution in [2.45, 2.75) is 25.7 Å². The number of hydrogen-bond donors (Lipinski definition) is 3. The number of nitrogens with two attached hydrogens (primary N) is 1. The Morgan fingerprint density at radius 3 is 2.59 bits per heavy atom. The van der Waals surface area contributed by atoms with E-state index in [2.05, 4.69) is 26.7 Å². The maximum atomic E-state index is 13.9. The van der Waals surface area contributed by atoms with Gasteiger partial charge in [-0.2, -0.15) is 0 Å². The van der Waals surface area contributed by atoms with Gasteiger partial charge in [0, 0.05) is 6.20 Å². The number of carbonyl (C=O) groups excluding carboxylic acids is 3. The fraction of sp³-hybridized carbons (Fsp3) is 0.343. The van der Waals surface area contributed by atoms with E-state index in [0.717, 1.165) is 55.4 Å². The number of aromatic nitrogens is 2. The quantitative estimate of drug-likeness (QED) is 0.0513. The Labute approximate surface area is 308 Å². The molecule has 0 saturated carbocycles. The summed E-state index contributed by atoms with van der Waals surface area (Å²) in [5.41, 5.74) is 6.55. The van der Waals surface area contributed by atoms with Crippen LogP contribution in [0.4, 0.5) is 17.2 Å². The number of pyridine rings is 2. The molecule has 2 saturated heterocycles. The second kappa shape index (κ2) is 13.8. The van der Waals surface area contributed by atoms with Gasteiger partial charge in [-0.1, -0.05) is 0 Å². The normalized spacial score (nSPS) is 18.2. The third-order valence-corrected chi connectivity index (χ3v) is 17.5. The second-order valence-corrected chi connectivity index (χ2v) is 19.6. The Morgan fingerprint density at radius 1 is 1.00 bits per heavy atom. The average Bonchev–Trinajstić information content (AvgIpc) is 3.31. The minimum Gasteiger partial charge on any atom is -0.00810 e. The van der Waals surface area contributed by atoms with E-state index < -0.39 is 0 Å². The van der Waals surface area contributed by atoms with Crippen molar-refractivity contribution in [1.29, 1.82) is 0 Å². The molecule has 0 aliphatic carbocycles. The van der Waals surface area contributed by atoms with Crippen LogP contribution in [0.5, 0.6) is 0 Å². The Hall–Kier alpha value is -3.19. The van der Waals surface area contributed by atoms with Gasteiger partial charge < -0.3 is 0 Å². The van der Waals surface area contributed by atoms with Crippen LogP contribution in [0.25, 0.3) is 10.6 Å². The summed E-state index contributed by atoms with van der Waals surface area (Å²) in [5, 5.41) is 3.11. The number of thiophene rings is 1. The number of fused-ring (bicyclic) bond motifs is 4. The molecule has 0 bridgehead atoms. The standard InChI is InChI=1S/C35H35I2N7O4S/c38-42-33(46)27-17-22-8-14-44(26-3-1-13-39-28(26)29(22)49-27)34(47)21-4-6-23(7-5-21)40-32(45)24-18-25-30(37-12-2-11-36-25)41-31(24)43-19-35(20-43)9-15-48-16-10-35/h1,3-7,13,17-18H,2,8-12,14-16,19-20,38H2,(H,40,45)(H,42,46)/q-2. The van der Waals surface area contributed by atoms with Crippen molar-refractivity contribution in [3.05, 3.63) is 83.6 Å². The van der Waals surface area contributed by atoms with Gasteiger partial charge in [0.2, 0.25) is 0 Å². The predicted octanol–water partition coefficient (Wildman–Crippen LogP) is -2.20. The molecule has 7 heterocycles. The fourth-order valence-corrected chi connectivity index (χ4v) is 15.9. The Bertz CT molecular complexity index is 1940. The molecule has 0 radical (unpaired) electrons. The molecule has 4 N–H and O–H groups in total. The molecule has 4 aliphatic heterocycles. The Morgan fingerprint density at radius 2 is 1.80 bits per heavy atom. The summed E-state index contributed by atoms with van der Waals surface area (Å²) in [7, 11) is 0. The zero-order valence-electron chi connectivity index (χ0n) is 26.6. The number of rotatable bonds is 5.